The molecule has 188 valence electrons. The number of carbonyl (C=O) groups is 1. The molecule has 9 heteroatoms. The van der Waals surface area contributed by atoms with Crippen molar-refractivity contribution in [2.24, 2.45) is 0 Å². The van der Waals surface area contributed by atoms with Crippen LogP contribution in [0.5, 0.6) is 0 Å². The van der Waals surface area contributed by atoms with Crippen LogP contribution in [0.3, 0.4) is 0 Å². The van der Waals surface area contributed by atoms with Crippen LogP contribution in [-0.2, 0) is 39.6 Å². The van der Waals surface area contributed by atoms with Gasteiger partial charge in [-0.15, -0.1) is 0 Å². The van der Waals surface area contributed by atoms with Crippen molar-refractivity contribution >= 4 is 16.9 Å². The summed E-state index contributed by atoms with van der Waals surface area (Å²) < 4.78 is 27.0. The van der Waals surface area contributed by atoms with E-state index in [0.29, 0.717) is 59.9 Å². The van der Waals surface area contributed by atoms with Gasteiger partial charge >= 0.3 is 5.97 Å². The van der Waals surface area contributed by atoms with E-state index in [2.05, 4.69) is 4.90 Å². The van der Waals surface area contributed by atoms with Crippen LogP contribution in [0.1, 0.15) is 47.6 Å². The highest BCUT2D eigenvalue weighted by molar-refractivity contribution is 5.88. The van der Waals surface area contributed by atoms with Gasteiger partial charge in [-0.3, -0.25) is 14.5 Å². The third-order valence-electron chi connectivity index (χ3n) is 7.83. The third kappa shape index (κ3) is 3.56. The average Bonchev–Trinajstić information content (AvgIpc) is 3.17. The molecule has 0 spiro atoms. The normalized spacial score (nSPS) is 21.6. The van der Waals surface area contributed by atoms with E-state index in [4.69, 9.17) is 14.5 Å². The number of halogens is 1. The maximum absolute atomic E-state index is 14.6. The highest BCUT2D eigenvalue weighted by Crippen LogP contribution is 2.41. The van der Waals surface area contributed by atoms with Gasteiger partial charge in [-0.1, -0.05) is 6.92 Å². The first kappa shape index (κ1) is 23.3. The lowest BCUT2D eigenvalue weighted by molar-refractivity contribution is -0.149. The number of cyclic esters (lactones) is 1. The molecule has 6 rings (SSSR count). The Morgan fingerprint density at radius 2 is 1.94 bits per heavy atom. The number of ether oxygens (including phenoxy) is 2. The zero-order valence-corrected chi connectivity index (χ0v) is 20.4. The van der Waals surface area contributed by atoms with Gasteiger partial charge in [0.15, 0.2) is 0 Å². The topological polar surface area (TPSA) is 93.9 Å². The van der Waals surface area contributed by atoms with E-state index < -0.39 is 11.6 Å². The number of pyridine rings is 2. The minimum Gasteiger partial charge on any atom is -0.460 e. The first-order valence-electron chi connectivity index (χ1n) is 12.4. The summed E-state index contributed by atoms with van der Waals surface area (Å²) >= 11 is 0. The Morgan fingerprint density at radius 1 is 1.17 bits per heavy atom. The lowest BCUT2D eigenvalue weighted by atomic mass is 9.85. The Hall–Kier alpha value is -3.14. The minimum absolute atomic E-state index is 0.174. The molecule has 36 heavy (non-hydrogen) atoms. The minimum atomic E-state index is -1.50. The number of aliphatic hydroxyl groups is 1. The van der Waals surface area contributed by atoms with Crippen molar-refractivity contribution in [1.82, 2.24) is 14.5 Å². The first-order valence-corrected chi connectivity index (χ1v) is 12.4. The Balaban J connectivity index is 1.59. The smallest absolute Gasteiger partial charge is 0.309 e. The van der Waals surface area contributed by atoms with Gasteiger partial charge in [0.1, 0.15) is 18.0 Å². The van der Waals surface area contributed by atoms with E-state index in [0.717, 1.165) is 29.6 Å². The van der Waals surface area contributed by atoms with Crippen molar-refractivity contribution in [1.29, 1.82) is 0 Å². The fourth-order valence-corrected chi connectivity index (χ4v) is 5.65. The predicted molar refractivity (Wildman–Crippen MR) is 130 cm³/mol. The SMILES string of the molecule is CCC1(O)CC(=O)OCc2c1cc1n(c2=O)Cc2c-1nc1cc(F)c(C)cc1c2CN1CCOCC1. The lowest BCUT2D eigenvalue weighted by Crippen LogP contribution is -2.36. The number of rotatable bonds is 3. The summed E-state index contributed by atoms with van der Waals surface area (Å²) in [6, 6.07) is 5.06. The van der Waals surface area contributed by atoms with Crippen LogP contribution in [0.2, 0.25) is 0 Å². The summed E-state index contributed by atoms with van der Waals surface area (Å²) in [7, 11) is 0. The predicted octanol–water partition coefficient (Wildman–Crippen LogP) is 2.75. The van der Waals surface area contributed by atoms with Crippen molar-refractivity contribution in [3.8, 4) is 11.4 Å². The van der Waals surface area contributed by atoms with Gasteiger partial charge in [0.25, 0.3) is 5.56 Å². The van der Waals surface area contributed by atoms with Crippen molar-refractivity contribution < 1.29 is 23.8 Å². The van der Waals surface area contributed by atoms with Crippen LogP contribution in [0.4, 0.5) is 4.39 Å². The lowest BCUT2D eigenvalue weighted by Gasteiger charge is -2.28. The number of aromatic nitrogens is 2. The number of morpholine rings is 1. The van der Waals surface area contributed by atoms with Crippen LogP contribution in [0, 0.1) is 12.7 Å². The Kier molecular flexibility index (Phi) is 5.47. The van der Waals surface area contributed by atoms with Crippen LogP contribution in [0.25, 0.3) is 22.3 Å². The van der Waals surface area contributed by atoms with E-state index in [1.165, 1.54) is 6.07 Å². The molecule has 3 aliphatic heterocycles. The molecule has 1 aromatic carbocycles. The molecular weight excluding hydrogens is 465 g/mol. The zero-order chi connectivity index (χ0) is 25.2. The monoisotopic (exact) mass is 493 g/mol. The van der Waals surface area contributed by atoms with E-state index in [1.54, 1.807) is 24.5 Å². The quantitative estimate of drug-likeness (QED) is 0.439. The molecule has 1 unspecified atom stereocenters. The van der Waals surface area contributed by atoms with Gasteiger partial charge in [0, 0.05) is 36.7 Å². The molecular formula is C27H28FN3O5. The highest BCUT2D eigenvalue weighted by Gasteiger charge is 2.40. The number of aryl methyl sites for hydroxylation is 1. The number of hydrogen-bond acceptors (Lipinski definition) is 7. The fraction of sp³-hybridized carbons (Fsp3) is 0.444. The van der Waals surface area contributed by atoms with E-state index in [9.17, 15) is 19.1 Å². The molecule has 2 aromatic heterocycles. The van der Waals surface area contributed by atoms with E-state index in [-0.39, 0.29) is 30.8 Å². The zero-order valence-electron chi connectivity index (χ0n) is 20.4. The standard InChI is InChI=1S/C27H28FN3O5/c1-3-27(34)11-24(32)36-14-19-20(27)9-23-25-18(13-31(23)26(19)33)17(12-30-4-6-35-7-5-30)16-8-15(2)21(28)10-22(16)29-25/h8-10,34H,3-7,11-14H2,1-2H3. The van der Waals surface area contributed by atoms with Gasteiger partial charge in [-0.2, -0.15) is 0 Å². The molecule has 1 N–H and O–H groups in total. The molecule has 3 aromatic rings. The number of esters is 1. The molecule has 1 fully saturated rings. The number of fused-ring (bicyclic) bond motifs is 5. The molecule has 3 aliphatic rings. The number of nitrogens with zero attached hydrogens (tertiary/aromatic N) is 3. The third-order valence-corrected chi connectivity index (χ3v) is 7.83. The molecule has 0 bridgehead atoms. The summed E-state index contributed by atoms with van der Waals surface area (Å²) in [5, 5.41) is 12.2. The largest absolute Gasteiger partial charge is 0.460 e. The number of benzene rings is 1. The Labute approximate surface area is 207 Å². The maximum Gasteiger partial charge on any atom is 0.309 e. The summed E-state index contributed by atoms with van der Waals surface area (Å²) in [4.78, 5) is 33.0. The molecule has 0 radical (unpaired) electrons. The Bertz CT molecular complexity index is 1480. The molecule has 1 saturated heterocycles. The maximum atomic E-state index is 14.6. The van der Waals surface area contributed by atoms with E-state index in [1.807, 2.05) is 6.07 Å². The van der Waals surface area contributed by atoms with Crippen molar-refractivity contribution in [2.45, 2.75) is 52.0 Å². The fourth-order valence-electron chi connectivity index (χ4n) is 5.65. The second-order valence-electron chi connectivity index (χ2n) is 9.96. The van der Waals surface area contributed by atoms with Crippen LogP contribution >= 0.6 is 0 Å². The number of hydrogen-bond donors (Lipinski definition) is 1. The summed E-state index contributed by atoms with van der Waals surface area (Å²) in [6.45, 7) is 7.17. The van der Waals surface area contributed by atoms with Gasteiger partial charge in [-0.05, 0) is 42.2 Å². The highest BCUT2D eigenvalue weighted by atomic mass is 19.1. The second-order valence-corrected chi connectivity index (χ2v) is 9.96. The van der Waals surface area contributed by atoms with E-state index >= 15 is 0 Å². The summed E-state index contributed by atoms with van der Waals surface area (Å²) in [5.41, 5.74) is 3.11. The first-order chi connectivity index (χ1) is 17.3. The Morgan fingerprint density at radius 3 is 2.69 bits per heavy atom. The average molecular weight is 494 g/mol. The molecule has 5 heterocycles. The van der Waals surface area contributed by atoms with Gasteiger partial charge < -0.3 is 19.1 Å². The van der Waals surface area contributed by atoms with Crippen molar-refractivity contribution in [3.63, 3.8) is 0 Å². The summed E-state index contributed by atoms with van der Waals surface area (Å²) in [6.07, 6.45) is 0.0347. The van der Waals surface area contributed by atoms with Gasteiger partial charge in [-0.25, -0.2) is 9.37 Å². The number of carbonyl (C=O) groups excluding carboxylic acids is 1. The molecule has 1 atom stereocenters. The molecule has 8 nitrogen and oxygen atoms in total. The second kappa shape index (κ2) is 8.47. The van der Waals surface area contributed by atoms with Crippen LogP contribution in [-0.4, -0.2) is 51.8 Å². The molecule has 0 saturated carbocycles. The summed E-state index contributed by atoms with van der Waals surface area (Å²) in [5.74, 6) is -0.871. The molecule has 0 aliphatic carbocycles. The van der Waals surface area contributed by atoms with Crippen molar-refractivity contribution in [2.75, 3.05) is 26.3 Å². The van der Waals surface area contributed by atoms with Crippen LogP contribution < -0.4 is 5.56 Å². The van der Waals surface area contributed by atoms with Gasteiger partial charge in [0.2, 0.25) is 0 Å². The van der Waals surface area contributed by atoms with Crippen LogP contribution in [0.15, 0.2) is 23.0 Å². The van der Waals surface area contributed by atoms with Gasteiger partial charge in [0.05, 0.1) is 48.6 Å². The molecule has 0 amide bonds. The van der Waals surface area contributed by atoms with Crippen molar-refractivity contribution in [3.05, 3.63) is 62.2 Å².